The molecule has 2 unspecified atom stereocenters. The fraction of sp³-hybridized carbons (Fsp3) is 0.500. The standard InChI is InChI=1S/C12H18F2N2O2/c1-16(2)12(10(17)6-15)7-4-9(14)11(18-3)5-8(7)13/h4-5,10,12,17H,6,15H2,1-3H3. The van der Waals surface area contributed by atoms with Crippen molar-refractivity contribution in [3.05, 3.63) is 29.3 Å². The van der Waals surface area contributed by atoms with Crippen LogP contribution in [0, 0.1) is 11.6 Å². The average molecular weight is 260 g/mol. The van der Waals surface area contributed by atoms with Gasteiger partial charge in [-0.15, -0.1) is 0 Å². The lowest BCUT2D eigenvalue weighted by Gasteiger charge is -2.29. The molecular weight excluding hydrogens is 242 g/mol. The smallest absolute Gasteiger partial charge is 0.165 e. The van der Waals surface area contributed by atoms with E-state index in [1.54, 1.807) is 19.0 Å². The van der Waals surface area contributed by atoms with Crippen LogP contribution in [-0.2, 0) is 0 Å². The first-order valence-corrected chi connectivity index (χ1v) is 5.49. The lowest BCUT2D eigenvalue weighted by molar-refractivity contribution is 0.0799. The number of methoxy groups -OCH3 is 1. The Morgan fingerprint density at radius 1 is 1.33 bits per heavy atom. The largest absolute Gasteiger partial charge is 0.494 e. The van der Waals surface area contributed by atoms with Gasteiger partial charge in [0.15, 0.2) is 11.6 Å². The van der Waals surface area contributed by atoms with E-state index in [1.165, 1.54) is 7.11 Å². The molecule has 1 rings (SSSR count). The van der Waals surface area contributed by atoms with E-state index >= 15 is 0 Å². The molecule has 1 aromatic rings. The topological polar surface area (TPSA) is 58.7 Å². The summed E-state index contributed by atoms with van der Waals surface area (Å²) in [6.07, 6.45) is -0.984. The fourth-order valence-electron chi connectivity index (χ4n) is 1.89. The maximum Gasteiger partial charge on any atom is 0.165 e. The third-order valence-electron chi connectivity index (χ3n) is 2.75. The van der Waals surface area contributed by atoms with Crippen molar-refractivity contribution >= 4 is 0 Å². The second-order valence-corrected chi connectivity index (χ2v) is 4.22. The number of rotatable bonds is 5. The highest BCUT2D eigenvalue weighted by molar-refractivity contribution is 5.33. The van der Waals surface area contributed by atoms with Gasteiger partial charge in [0.2, 0.25) is 0 Å². The lowest BCUT2D eigenvalue weighted by Crippen LogP contribution is -2.36. The minimum atomic E-state index is -0.984. The van der Waals surface area contributed by atoms with Gasteiger partial charge in [-0.1, -0.05) is 0 Å². The molecule has 1 aromatic carbocycles. The molecule has 0 heterocycles. The van der Waals surface area contributed by atoms with Crippen LogP contribution in [0.3, 0.4) is 0 Å². The Morgan fingerprint density at radius 2 is 1.94 bits per heavy atom. The van der Waals surface area contributed by atoms with Crippen molar-refractivity contribution in [3.8, 4) is 5.75 Å². The van der Waals surface area contributed by atoms with E-state index in [0.717, 1.165) is 12.1 Å². The molecule has 0 spiro atoms. The van der Waals surface area contributed by atoms with Gasteiger partial charge in [0.1, 0.15) is 5.82 Å². The second kappa shape index (κ2) is 6.08. The number of nitrogens with two attached hydrogens (primary N) is 1. The molecule has 0 aromatic heterocycles. The zero-order valence-corrected chi connectivity index (χ0v) is 10.7. The number of ether oxygens (including phenoxy) is 1. The molecule has 0 amide bonds. The van der Waals surface area contributed by atoms with E-state index < -0.39 is 23.8 Å². The summed E-state index contributed by atoms with van der Waals surface area (Å²) in [6, 6.07) is 1.28. The number of benzene rings is 1. The molecule has 0 aliphatic rings. The highest BCUT2D eigenvalue weighted by Gasteiger charge is 2.26. The minimum absolute atomic E-state index is 0.0457. The fourth-order valence-corrected chi connectivity index (χ4v) is 1.89. The molecule has 102 valence electrons. The van der Waals surface area contributed by atoms with Crippen LogP contribution in [0.2, 0.25) is 0 Å². The SMILES string of the molecule is COc1cc(F)c(C(C(O)CN)N(C)C)cc1F. The van der Waals surface area contributed by atoms with Crippen molar-refractivity contribution in [3.63, 3.8) is 0 Å². The zero-order valence-electron chi connectivity index (χ0n) is 10.7. The van der Waals surface area contributed by atoms with Gasteiger partial charge in [-0.25, -0.2) is 8.78 Å². The van der Waals surface area contributed by atoms with Gasteiger partial charge in [-0.2, -0.15) is 0 Å². The van der Waals surface area contributed by atoms with Crippen molar-refractivity contribution in [2.24, 2.45) is 5.73 Å². The number of halogens is 2. The zero-order chi connectivity index (χ0) is 13.9. The Hall–Kier alpha value is -1.24. The molecule has 0 saturated carbocycles. The molecule has 2 atom stereocenters. The maximum atomic E-state index is 13.9. The number of aliphatic hydroxyl groups is 1. The minimum Gasteiger partial charge on any atom is -0.494 e. The number of nitrogens with zero attached hydrogens (tertiary/aromatic N) is 1. The van der Waals surface area contributed by atoms with E-state index in [-0.39, 0.29) is 17.9 Å². The van der Waals surface area contributed by atoms with Crippen molar-refractivity contribution < 1.29 is 18.6 Å². The molecule has 0 aliphatic carbocycles. The third kappa shape index (κ3) is 2.95. The Labute approximate surface area is 105 Å². The summed E-state index contributed by atoms with van der Waals surface area (Å²) in [6.45, 7) is -0.0457. The first-order valence-electron chi connectivity index (χ1n) is 5.49. The summed E-state index contributed by atoms with van der Waals surface area (Å²) < 4.78 is 32.2. The predicted molar refractivity (Wildman–Crippen MR) is 64.4 cm³/mol. The molecule has 4 nitrogen and oxygen atoms in total. The number of hydrogen-bond acceptors (Lipinski definition) is 4. The van der Waals surface area contributed by atoms with E-state index in [0.29, 0.717) is 0 Å². The molecular formula is C12H18F2N2O2. The lowest BCUT2D eigenvalue weighted by atomic mass is 9.99. The summed E-state index contributed by atoms with van der Waals surface area (Å²) in [4.78, 5) is 1.59. The van der Waals surface area contributed by atoms with E-state index in [4.69, 9.17) is 10.5 Å². The van der Waals surface area contributed by atoms with E-state index in [9.17, 15) is 13.9 Å². The van der Waals surface area contributed by atoms with Crippen LogP contribution in [0.25, 0.3) is 0 Å². The summed E-state index contributed by atoms with van der Waals surface area (Å²) in [7, 11) is 4.58. The van der Waals surface area contributed by atoms with Crippen LogP contribution >= 0.6 is 0 Å². The van der Waals surface area contributed by atoms with Crippen LogP contribution in [0.1, 0.15) is 11.6 Å². The highest BCUT2D eigenvalue weighted by Crippen LogP contribution is 2.29. The first-order chi connectivity index (χ1) is 8.42. The van der Waals surface area contributed by atoms with Gasteiger partial charge in [-0.3, -0.25) is 4.90 Å². The average Bonchev–Trinajstić information content (AvgIpc) is 2.32. The second-order valence-electron chi connectivity index (χ2n) is 4.22. The Morgan fingerprint density at radius 3 is 2.39 bits per heavy atom. The van der Waals surface area contributed by atoms with Crippen molar-refractivity contribution in [1.82, 2.24) is 4.90 Å². The molecule has 6 heteroatoms. The summed E-state index contributed by atoms with van der Waals surface area (Å²) >= 11 is 0. The summed E-state index contributed by atoms with van der Waals surface area (Å²) in [5.74, 6) is -1.49. The van der Waals surface area contributed by atoms with Crippen molar-refractivity contribution in [1.29, 1.82) is 0 Å². The van der Waals surface area contributed by atoms with Crippen molar-refractivity contribution in [2.45, 2.75) is 12.1 Å². The third-order valence-corrected chi connectivity index (χ3v) is 2.75. The number of hydrogen-bond donors (Lipinski definition) is 2. The Bertz CT molecular complexity index is 413. The molecule has 0 bridgehead atoms. The monoisotopic (exact) mass is 260 g/mol. The molecule has 0 aliphatic heterocycles. The van der Waals surface area contributed by atoms with Gasteiger partial charge < -0.3 is 15.6 Å². The first kappa shape index (κ1) is 14.8. The van der Waals surface area contributed by atoms with Gasteiger partial charge in [0, 0.05) is 18.2 Å². The summed E-state index contributed by atoms with van der Waals surface area (Å²) in [5.41, 5.74) is 5.43. The van der Waals surface area contributed by atoms with E-state index in [1.807, 2.05) is 0 Å². The molecule has 0 fully saturated rings. The summed E-state index contributed by atoms with van der Waals surface area (Å²) in [5, 5.41) is 9.80. The number of likely N-dealkylation sites (N-methyl/N-ethyl adjacent to an activating group) is 1. The molecule has 3 N–H and O–H groups in total. The normalized spacial score (nSPS) is 14.7. The Balaban J connectivity index is 3.24. The highest BCUT2D eigenvalue weighted by atomic mass is 19.1. The van der Waals surface area contributed by atoms with Crippen LogP contribution in [0.15, 0.2) is 12.1 Å². The van der Waals surface area contributed by atoms with Crippen LogP contribution < -0.4 is 10.5 Å². The Kier molecular flexibility index (Phi) is 5.01. The quantitative estimate of drug-likeness (QED) is 0.825. The maximum absolute atomic E-state index is 13.9. The van der Waals surface area contributed by atoms with E-state index in [2.05, 4.69) is 0 Å². The molecule has 0 radical (unpaired) electrons. The van der Waals surface area contributed by atoms with Crippen LogP contribution in [0.5, 0.6) is 5.75 Å². The van der Waals surface area contributed by atoms with Crippen LogP contribution in [0.4, 0.5) is 8.78 Å². The van der Waals surface area contributed by atoms with Gasteiger partial charge in [0.05, 0.1) is 19.3 Å². The van der Waals surface area contributed by atoms with Gasteiger partial charge in [0.25, 0.3) is 0 Å². The van der Waals surface area contributed by atoms with Gasteiger partial charge >= 0.3 is 0 Å². The molecule has 18 heavy (non-hydrogen) atoms. The predicted octanol–water partition coefficient (Wildman–Crippen LogP) is 0.896. The number of aliphatic hydroxyl groups excluding tert-OH is 1. The molecule has 0 saturated heterocycles. The van der Waals surface area contributed by atoms with Gasteiger partial charge in [-0.05, 0) is 20.2 Å². The van der Waals surface area contributed by atoms with Crippen LogP contribution in [-0.4, -0.2) is 43.9 Å². The van der Waals surface area contributed by atoms with Crippen molar-refractivity contribution in [2.75, 3.05) is 27.7 Å².